The summed E-state index contributed by atoms with van der Waals surface area (Å²) in [7, 11) is 1.77. The van der Waals surface area contributed by atoms with E-state index < -0.39 is 6.04 Å². The van der Waals surface area contributed by atoms with Gasteiger partial charge in [-0.2, -0.15) is 0 Å². The molecule has 1 fully saturated rings. The van der Waals surface area contributed by atoms with Crippen LogP contribution in [0.1, 0.15) is 34.1 Å². The molecule has 1 unspecified atom stereocenters. The van der Waals surface area contributed by atoms with E-state index in [0.29, 0.717) is 18.7 Å². The minimum atomic E-state index is -0.438. The molecule has 0 aliphatic carbocycles. The molecule has 1 aromatic carbocycles. The van der Waals surface area contributed by atoms with Crippen molar-refractivity contribution >= 4 is 11.8 Å². The average molecular weight is 351 g/mol. The third-order valence-corrected chi connectivity index (χ3v) is 5.32. The smallest absolute Gasteiger partial charge is 0.254 e. The maximum atomic E-state index is 13.0. The van der Waals surface area contributed by atoms with Gasteiger partial charge in [-0.1, -0.05) is 12.1 Å². The van der Waals surface area contributed by atoms with Crippen LogP contribution in [0.25, 0.3) is 11.3 Å². The molecule has 1 saturated heterocycles. The van der Waals surface area contributed by atoms with Crippen molar-refractivity contribution in [2.45, 2.75) is 33.7 Å². The van der Waals surface area contributed by atoms with Crippen molar-refractivity contribution in [3.05, 3.63) is 52.7 Å². The van der Waals surface area contributed by atoms with Crippen LogP contribution in [0.15, 0.2) is 30.3 Å². The van der Waals surface area contributed by atoms with Crippen molar-refractivity contribution in [2.24, 2.45) is 0 Å². The van der Waals surface area contributed by atoms with Crippen LogP contribution in [-0.2, 0) is 4.79 Å². The average Bonchev–Trinajstić information content (AvgIpc) is 2.63. The molecule has 1 aromatic heterocycles. The predicted octanol–water partition coefficient (Wildman–Crippen LogP) is 2.98. The number of carbonyl (C=O) groups is 2. The fraction of sp³-hybridized carbons (Fsp3) is 0.381. The molecule has 0 saturated carbocycles. The number of likely N-dealkylation sites (N-methyl/N-ethyl adjacent to an activating group) is 1. The summed E-state index contributed by atoms with van der Waals surface area (Å²) in [6.45, 7) is 9.03. The molecule has 3 rings (SSSR count). The van der Waals surface area contributed by atoms with Gasteiger partial charge in [0.1, 0.15) is 6.04 Å². The highest BCUT2D eigenvalue weighted by molar-refractivity contribution is 5.98. The first-order valence-corrected chi connectivity index (χ1v) is 8.91. The topological polar surface area (TPSA) is 53.5 Å². The number of hydrogen-bond donors (Lipinski definition) is 0. The number of piperazine rings is 1. The minimum absolute atomic E-state index is 0.0211. The van der Waals surface area contributed by atoms with Crippen molar-refractivity contribution in [1.82, 2.24) is 14.8 Å². The van der Waals surface area contributed by atoms with E-state index in [1.54, 1.807) is 29.8 Å². The van der Waals surface area contributed by atoms with Gasteiger partial charge in [-0.3, -0.25) is 14.6 Å². The Morgan fingerprint density at radius 3 is 2.58 bits per heavy atom. The fourth-order valence-corrected chi connectivity index (χ4v) is 3.31. The molecule has 0 spiro atoms. The van der Waals surface area contributed by atoms with Crippen LogP contribution in [0.4, 0.5) is 0 Å². The number of benzene rings is 1. The number of aromatic nitrogens is 1. The summed E-state index contributed by atoms with van der Waals surface area (Å²) in [4.78, 5) is 33.2. The Balaban J connectivity index is 1.92. The van der Waals surface area contributed by atoms with Crippen LogP contribution in [0, 0.1) is 20.8 Å². The zero-order chi connectivity index (χ0) is 19.0. The predicted molar refractivity (Wildman–Crippen MR) is 102 cm³/mol. The second kappa shape index (κ2) is 6.90. The van der Waals surface area contributed by atoms with Crippen molar-refractivity contribution in [3.8, 4) is 11.3 Å². The minimum Gasteiger partial charge on any atom is -0.342 e. The summed E-state index contributed by atoms with van der Waals surface area (Å²) in [5.41, 5.74) is 5.73. The number of carbonyl (C=O) groups excluding carboxylic acids is 2. The summed E-state index contributed by atoms with van der Waals surface area (Å²) in [6, 6.07) is 9.12. The van der Waals surface area contributed by atoms with E-state index in [1.165, 1.54) is 11.1 Å². The molecular formula is C21H25N3O2. The highest BCUT2D eigenvalue weighted by Gasteiger charge is 2.33. The molecule has 0 bridgehead atoms. The van der Waals surface area contributed by atoms with Crippen molar-refractivity contribution in [1.29, 1.82) is 0 Å². The normalized spacial score (nSPS) is 17.6. The number of nitrogens with zero attached hydrogens (tertiary/aromatic N) is 3. The quantitative estimate of drug-likeness (QED) is 0.836. The van der Waals surface area contributed by atoms with Gasteiger partial charge in [0.25, 0.3) is 5.91 Å². The molecule has 2 amide bonds. The Labute approximate surface area is 154 Å². The summed E-state index contributed by atoms with van der Waals surface area (Å²) < 4.78 is 0. The van der Waals surface area contributed by atoms with Gasteiger partial charge in [-0.15, -0.1) is 0 Å². The maximum absolute atomic E-state index is 13.0. The summed E-state index contributed by atoms with van der Waals surface area (Å²) in [6.07, 6.45) is 0. The number of hydrogen-bond acceptors (Lipinski definition) is 3. The highest BCUT2D eigenvalue weighted by atomic mass is 16.2. The molecule has 136 valence electrons. The van der Waals surface area contributed by atoms with E-state index in [0.717, 1.165) is 17.0 Å². The van der Waals surface area contributed by atoms with Gasteiger partial charge in [0.05, 0.1) is 5.69 Å². The van der Waals surface area contributed by atoms with Gasteiger partial charge in [0, 0.05) is 37.0 Å². The van der Waals surface area contributed by atoms with Crippen molar-refractivity contribution < 1.29 is 9.59 Å². The van der Waals surface area contributed by atoms with Crippen molar-refractivity contribution in [3.63, 3.8) is 0 Å². The Bertz CT molecular complexity index is 852. The van der Waals surface area contributed by atoms with Gasteiger partial charge in [-0.05, 0) is 57.0 Å². The lowest BCUT2D eigenvalue weighted by atomic mass is 10.0. The fourth-order valence-electron chi connectivity index (χ4n) is 3.31. The van der Waals surface area contributed by atoms with Crippen LogP contribution in [0.5, 0.6) is 0 Å². The second-order valence-corrected chi connectivity index (χ2v) is 7.05. The van der Waals surface area contributed by atoms with Crippen LogP contribution < -0.4 is 0 Å². The van der Waals surface area contributed by atoms with Gasteiger partial charge >= 0.3 is 0 Å². The van der Waals surface area contributed by atoms with E-state index >= 15 is 0 Å². The molecule has 0 N–H and O–H groups in total. The van der Waals surface area contributed by atoms with Crippen LogP contribution in [0.3, 0.4) is 0 Å². The third-order valence-electron chi connectivity index (χ3n) is 5.32. The second-order valence-electron chi connectivity index (χ2n) is 7.05. The Morgan fingerprint density at radius 1 is 1.15 bits per heavy atom. The molecule has 1 atom stereocenters. The standard InChI is InChI=1S/C21H25N3O2/c1-13-11-19(22-15(3)14(13)2)17-7-6-8-18(12-17)21(26)24-10-9-23(5)20(25)16(24)4/h6-8,11-12,16H,9-10H2,1-5H3. The lowest BCUT2D eigenvalue weighted by Gasteiger charge is -2.37. The third kappa shape index (κ3) is 3.21. The highest BCUT2D eigenvalue weighted by Crippen LogP contribution is 2.24. The summed E-state index contributed by atoms with van der Waals surface area (Å²) >= 11 is 0. The van der Waals surface area contributed by atoms with Crippen LogP contribution in [0.2, 0.25) is 0 Å². The van der Waals surface area contributed by atoms with Gasteiger partial charge in [-0.25, -0.2) is 0 Å². The Morgan fingerprint density at radius 2 is 1.88 bits per heavy atom. The molecule has 5 heteroatoms. The zero-order valence-electron chi connectivity index (χ0n) is 16.0. The number of pyridine rings is 1. The first-order chi connectivity index (χ1) is 12.3. The number of rotatable bonds is 2. The lowest BCUT2D eigenvalue weighted by molar-refractivity contribution is -0.137. The SMILES string of the molecule is Cc1cc(-c2cccc(C(=O)N3CCN(C)C(=O)C3C)c2)nc(C)c1C. The zero-order valence-corrected chi connectivity index (χ0v) is 16.0. The van der Waals surface area contributed by atoms with Gasteiger partial charge < -0.3 is 9.80 Å². The Hall–Kier alpha value is -2.69. The first kappa shape index (κ1) is 18.1. The first-order valence-electron chi connectivity index (χ1n) is 8.91. The molecule has 2 aromatic rings. The van der Waals surface area contributed by atoms with E-state index in [9.17, 15) is 9.59 Å². The van der Waals surface area contributed by atoms with Crippen LogP contribution >= 0.6 is 0 Å². The lowest BCUT2D eigenvalue weighted by Crippen LogP contribution is -2.56. The monoisotopic (exact) mass is 351 g/mol. The largest absolute Gasteiger partial charge is 0.342 e. The molecular weight excluding hydrogens is 326 g/mol. The van der Waals surface area contributed by atoms with Gasteiger partial charge in [0.2, 0.25) is 5.91 Å². The summed E-state index contributed by atoms with van der Waals surface area (Å²) in [5, 5.41) is 0. The summed E-state index contributed by atoms with van der Waals surface area (Å²) in [5.74, 6) is -0.131. The Kier molecular flexibility index (Phi) is 4.81. The molecule has 0 radical (unpaired) electrons. The van der Waals surface area contributed by atoms with E-state index in [2.05, 4.69) is 18.8 Å². The van der Waals surface area contributed by atoms with Crippen LogP contribution in [-0.4, -0.2) is 52.8 Å². The van der Waals surface area contributed by atoms with Crippen molar-refractivity contribution in [2.75, 3.05) is 20.1 Å². The van der Waals surface area contributed by atoms with E-state index in [4.69, 9.17) is 0 Å². The molecule has 5 nitrogen and oxygen atoms in total. The number of aryl methyl sites for hydroxylation is 2. The van der Waals surface area contributed by atoms with E-state index in [-0.39, 0.29) is 11.8 Å². The molecule has 1 aliphatic rings. The molecule has 26 heavy (non-hydrogen) atoms. The van der Waals surface area contributed by atoms with E-state index in [1.807, 2.05) is 31.2 Å². The molecule has 2 heterocycles. The number of amides is 2. The maximum Gasteiger partial charge on any atom is 0.254 e. The van der Waals surface area contributed by atoms with Gasteiger partial charge in [0.15, 0.2) is 0 Å². The molecule has 1 aliphatic heterocycles.